The molecule has 2 aromatic rings. The van der Waals surface area contributed by atoms with Crippen molar-refractivity contribution in [1.82, 2.24) is 9.55 Å². The Hall–Kier alpha value is -2.58. The molecule has 2 N–H and O–H groups in total. The Labute approximate surface area is 145 Å². The summed E-state index contributed by atoms with van der Waals surface area (Å²) in [5, 5.41) is 2.90. The third-order valence-electron chi connectivity index (χ3n) is 2.79. The number of hydrogen-bond acceptors (Lipinski definition) is 5. The average molecular weight is 372 g/mol. The molecule has 0 atom stereocenters. The number of halogens is 2. The van der Waals surface area contributed by atoms with E-state index in [9.17, 15) is 19.2 Å². The maximum atomic E-state index is 11.8. The standard InChI is InChI=1S/C14H11Cl2N3O5/c15-8-2-1-3-9(16)13(8)17-11(21)7-24-12(22)6-19-5-4-10(20)18-14(19)23/h1-5H,6-7H2,(H,17,21)(H,18,20,23). The van der Waals surface area contributed by atoms with Gasteiger partial charge in [0.25, 0.3) is 11.5 Å². The molecule has 0 unspecified atom stereocenters. The molecule has 0 spiro atoms. The highest BCUT2D eigenvalue weighted by molar-refractivity contribution is 6.39. The van der Waals surface area contributed by atoms with Crippen molar-refractivity contribution in [2.75, 3.05) is 11.9 Å². The van der Waals surface area contributed by atoms with Crippen molar-refractivity contribution < 1.29 is 14.3 Å². The van der Waals surface area contributed by atoms with Crippen molar-refractivity contribution in [3.63, 3.8) is 0 Å². The number of anilines is 1. The first kappa shape index (κ1) is 17.8. The van der Waals surface area contributed by atoms with Crippen LogP contribution in [0.3, 0.4) is 0 Å². The lowest BCUT2D eigenvalue weighted by molar-refractivity contribution is -0.148. The number of para-hydroxylation sites is 1. The second-order valence-electron chi connectivity index (χ2n) is 4.54. The summed E-state index contributed by atoms with van der Waals surface area (Å²) < 4.78 is 5.69. The van der Waals surface area contributed by atoms with E-state index in [2.05, 4.69) is 5.32 Å². The van der Waals surface area contributed by atoms with Gasteiger partial charge in [0, 0.05) is 12.3 Å². The van der Waals surface area contributed by atoms with Crippen LogP contribution in [0.5, 0.6) is 0 Å². The second-order valence-corrected chi connectivity index (χ2v) is 5.36. The van der Waals surface area contributed by atoms with Gasteiger partial charge in [0.15, 0.2) is 6.61 Å². The van der Waals surface area contributed by atoms with Crippen LogP contribution >= 0.6 is 23.2 Å². The minimum absolute atomic E-state index is 0.207. The summed E-state index contributed by atoms with van der Waals surface area (Å²) in [5.41, 5.74) is -1.13. The van der Waals surface area contributed by atoms with Gasteiger partial charge < -0.3 is 10.1 Å². The fourth-order valence-electron chi connectivity index (χ4n) is 1.69. The summed E-state index contributed by atoms with van der Waals surface area (Å²) >= 11 is 11.8. The lowest BCUT2D eigenvalue weighted by atomic mass is 10.3. The number of aromatic nitrogens is 2. The van der Waals surface area contributed by atoms with Crippen molar-refractivity contribution in [1.29, 1.82) is 0 Å². The number of hydrogen-bond donors (Lipinski definition) is 2. The van der Waals surface area contributed by atoms with Crippen LogP contribution in [0.15, 0.2) is 40.1 Å². The van der Waals surface area contributed by atoms with Crippen molar-refractivity contribution in [3.05, 3.63) is 61.3 Å². The molecule has 0 bridgehead atoms. The lowest BCUT2D eigenvalue weighted by Crippen LogP contribution is -2.32. The first-order chi connectivity index (χ1) is 11.4. The Morgan fingerprint density at radius 2 is 1.83 bits per heavy atom. The number of amides is 1. The molecule has 0 radical (unpaired) electrons. The molecule has 0 fully saturated rings. The van der Waals surface area contributed by atoms with Gasteiger partial charge in [-0.15, -0.1) is 0 Å². The summed E-state index contributed by atoms with van der Waals surface area (Å²) in [6, 6.07) is 5.78. The van der Waals surface area contributed by atoms with E-state index in [1.807, 2.05) is 4.98 Å². The molecule has 2 rings (SSSR count). The number of nitrogens with zero attached hydrogens (tertiary/aromatic N) is 1. The van der Waals surface area contributed by atoms with E-state index < -0.39 is 36.3 Å². The van der Waals surface area contributed by atoms with E-state index in [1.165, 1.54) is 12.1 Å². The molecule has 0 aliphatic heterocycles. The molecular formula is C14H11Cl2N3O5. The molecule has 0 saturated heterocycles. The number of H-pyrrole nitrogens is 1. The van der Waals surface area contributed by atoms with Gasteiger partial charge >= 0.3 is 11.7 Å². The highest BCUT2D eigenvalue weighted by atomic mass is 35.5. The van der Waals surface area contributed by atoms with E-state index in [1.54, 1.807) is 6.07 Å². The minimum Gasteiger partial charge on any atom is -0.454 e. The van der Waals surface area contributed by atoms with E-state index in [0.717, 1.165) is 16.8 Å². The Kier molecular flexibility index (Phi) is 5.78. The molecule has 10 heteroatoms. The number of aromatic amines is 1. The smallest absolute Gasteiger partial charge is 0.328 e. The molecular weight excluding hydrogens is 361 g/mol. The van der Waals surface area contributed by atoms with Crippen molar-refractivity contribution >= 4 is 40.8 Å². The first-order valence-corrected chi connectivity index (χ1v) is 7.31. The van der Waals surface area contributed by atoms with Crippen LogP contribution < -0.4 is 16.6 Å². The van der Waals surface area contributed by atoms with Crippen molar-refractivity contribution in [2.24, 2.45) is 0 Å². The minimum atomic E-state index is -0.829. The quantitative estimate of drug-likeness (QED) is 0.762. The number of esters is 1. The highest BCUT2D eigenvalue weighted by Gasteiger charge is 2.12. The number of rotatable bonds is 5. The van der Waals surface area contributed by atoms with Gasteiger partial charge in [0.05, 0.1) is 15.7 Å². The Morgan fingerprint density at radius 1 is 1.17 bits per heavy atom. The van der Waals surface area contributed by atoms with E-state index in [0.29, 0.717) is 0 Å². The van der Waals surface area contributed by atoms with Crippen LogP contribution in [-0.4, -0.2) is 28.0 Å². The summed E-state index contributed by atoms with van der Waals surface area (Å²) in [4.78, 5) is 47.7. The third-order valence-corrected chi connectivity index (χ3v) is 3.42. The van der Waals surface area contributed by atoms with Gasteiger partial charge in [-0.05, 0) is 12.1 Å². The van der Waals surface area contributed by atoms with Crippen molar-refractivity contribution in [3.8, 4) is 0 Å². The Bertz CT molecular complexity index is 870. The van der Waals surface area contributed by atoms with Gasteiger partial charge in [-0.3, -0.25) is 23.9 Å². The number of carbonyl (C=O) groups excluding carboxylic acids is 2. The largest absolute Gasteiger partial charge is 0.454 e. The summed E-state index contributed by atoms with van der Waals surface area (Å²) in [6.45, 7) is -1.03. The van der Waals surface area contributed by atoms with E-state index in [4.69, 9.17) is 27.9 Å². The van der Waals surface area contributed by atoms with Crippen LogP contribution in [0, 0.1) is 0 Å². The first-order valence-electron chi connectivity index (χ1n) is 6.56. The molecule has 0 aliphatic rings. The van der Waals surface area contributed by atoms with Gasteiger partial charge in [0.2, 0.25) is 0 Å². The molecule has 1 heterocycles. The van der Waals surface area contributed by atoms with Gasteiger partial charge in [-0.25, -0.2) is 4.79 Å². The molecule has 0 saturated carbocycles. The van der Waals surface area contributed by atoms with Crippen molar-refractivity contribution in [2.45, 2.75) is 6.54 Å². The molecule has 0 aliphatic carbocycles. The van der Waals surface area contributed by atoms with Crippen LogP contribution in [0.1, 0.15) is 0 Å². The summed E-state index contributed by atoms with van der Waals surface area (Å²) in [7, 11) is 0. The molecule has 1 aromatic carbocycles. The van der Waals surface area contributed by atoms with E-state index >= 15 is 0 Å². The summed E-state index contributed by atoms with van der Waals surface area (Å²) in [6.07, 6.45) is 1.14. The molecule has 1 aromatic heterocycles. The fraction of sp³-hybridized carbons (Fsp3) is 0.143. The van der Waals surface area contributed by atoms with E-state index in [-0.39, 0.29) is 15.7 Å². The third kappa shape index (κ3) is 4.71. The monoisotopic (exact) mass is 371 g/mol. The van der Waals surface area contributed by atoms with Crippen LogP contribution in [0.4, 0.5) is 5.69 Å². The Morgan fingerprint density at radius 3 is 2.46 bits per heavy atom. The van der Waals surface area contributed by atoms with Crippen LogP contribution in [0.2, 0.25) is 10.0 Å². The zero-order valence-electron chi connectivity index (χ0n) is 12.0. The Balaban J connectivity index is 1.90. The maximum absolute atomic E-state index is 11.8. The highest BCUT2D eigenvalue weighted by Crippen LogP contribution is 2.29. The average Bonchev–Trinajstić information content (AvgIpc) is 2.52. The molecule has 8 nitrogen and oxygen atoms in total. The number of carbonyl (C=O) groups is 2. The number of ether oxygens (including phenoxy) is 1. The van der Waals surface area contributed by atoms with Gasteiger partial charge in [0.1, 0.15) is 6.54 Å². The lowest BCUT2D eigenvalue weighted by Gasteiger charge is -2.10. The second kappa shape index (κ2) is 7.80. The molecule has 24 heavy (non-hydrogen) atoms. The topological polar surface area (TPSA) is 110 Å². The predicted molar refractivity (Wildman–Crippen MR) is 87.4 cm³/mol. The predicted octanol–water partition coefficient (Wildman–Crippen LogP) is 1.03. The maximum Gasteiger partial charge on any atom is 0.328 e. The molecule has 126 valence electrons. The molecule has 1 amide bonds. The van der Waals surface area contributed by atoms with Crippen LogP contribution in [-0.2, 0) is 20.9 Å². The zero-order valence-corrected chi connectivity index (χ0v) is 13.6. The normalized spacial score (nSPS) is 10.2. The summed E-state index contributed by atoms with van der Waals surface area (Å²) in [5.74, 6) is -1.48. The SMILES string of the molecule is O=C(COC(=O)Cn1ccc(=O)[nH]c1=O)Nc1c(Cl)cccc1Cl. The number of benzene rings is 1. The zero-order chi connectivity index (χ0) is 17.7. The van der Waals surface area contributed by atoms with Crippen LogP contribution in [0.25, 0.3) is 0 Å². The number of nitrogens with one attached hydrogen (secondary N) is 2. The van der Waals surface area contributed by atoms with Gasteiger partial charge in [-0.1, -0.05) is 29.3 Å². The fourth-order valence-corrected chi connectivity index (χ4v) is 2.18. The van der Waals surface area contributed by atoms with Gasteiger partial charge in [-0.2, -0.15) is 0 Å².